The van der Waals surface area contributed by atoms with Crippen LogP contribution in [0.3, 0.4) is 0 Å². The van der Waals surface area contributed by atoms with Gasteiger partial charge in [0, 0.05) is 17.5 Å². The van der Waals surface area contributed by atoms with Gasteiger partial charge in [-0.15, -0.1) is 11.3 Å². The Bertz CT molecular complexity index is 1680. The van der Waals surface area contributed by atoms with Crippen LogP contribution in [-0.4, -0.2) is 32.6 Å². The molecule has 0 aliphatic carbocycles. The number of amides is 1. The fourth-order valence-corrected chi connectivity index (χ4v) is 6.19. The van der Waals surface area contributed by atoms with Gasteiger partial charge in [-0.1, -0.05) is 35.6 Å². The molecule has 5 rings (SSSR count). The molecule has 7 nitrogen and oxygen atoms in total. The van der Waals surface area contributed by atoms with Crippen molar-refractivity contribution in [2.45, 2.75) is 4.90 Å². The zero-order chi connectivity index (χ0) is 26.0. The molecule has 0 unspecified atom stereocenters. The van der Waals surface area contributed by atoms with E-state index in [1.54, 1.807) is 42.6 Å². The zero-order valence-corrected chi connectivity index (χ0v) is 21.8. The van der Waals surface area contributed by atoms with Crippen molar-refractivity contribution in [1.29, 1.82) is 0 Å². The number of anilines is 2. The number of para-hydroxylation sites is 1. The van der Waals surface area contributed by atoms with Crippen molar-refractivity contribution in [3.63, 3.8) is 0 Å². The summed E-state index contributed by atoms with van der Waals surface area (Å²) < 4.78 is 41.7. The summed E-state index contributed by atoms with van der Waals surface area (Å²) in [7, 11) is -2.36. The highest BCUT2D eigenvalue weighted by Crippen LogP contribution is 2.31. The van der Waals surface area contributed by atoms with Gasteiger partial charge in [-0.2, -0.15) is 10.1 Å². The third-order valence-corrected chi connectivity index (χ3v) is 9.04. The Morgan fingerprint density at radius 3 is 2.46 bits per heavy atom. The maximum absolute atomic E-state index is 13.7. The molecular weight excluding hydrogens is 532 g/mol. The second-order valence-electron chi connectivity index (χ2n) is 7.82. The monoisotopic (exact) mass is 550 g/mol. The Labute approximate surface area is 220 Å². The number of benzene rings is 3. The summed E-state index contributed by atoms with van der Waals surface area (Å²) in [4.78, 5) is 18.8. The van der Waals surface area contributed by atoms with Crippen molar-refractivity contribution in [3.8, 4) is 0 Å². The van der Waals surface area contributed by atoms with Gasteiger partial charge in [-0.3, -0.25) is 9.10 Å². The first-order chi connectivity index (χ1) is 17.8. The third-order valence-electron chi connectivity index (χ3n) is 5.44. The fourth-order valence-electron chi connectivity index (χ4n) is 3.47. The summed E-state index contributed by atoms with van der Waals surface area (Å²) in [6, 6.07) is 22.3. The van der Waals surface area contributed by atoms with E-state index in [1.807, 2.05) is 17.5 Å². The van der Waals surface area contributed by atoms with Crippen LogP contribution in [0.25, 0.3) is 10.2 Å². The van der Waals surface area contributed by atoms with Crippen LogP contribution in [0.4, 0.5) is 15.2 Å². The first-order valence-corrected chi connectivity index (χ1v) is 14.1. The molecule has 0 aliphatic heterocycles. The lowest BCUT2D eigenvalue weighted by atomic mass is 10.2. The Hall–Kier alpha value is -3.93. The summed E-state index contributed by atoms with van der Waals surface area (Å²) in [5.74, 6) is -0.910. The fraction of sp³-hybridized carbons (Fsp3) is 0.0385. The molecule has 2 aromatic heterocycles. The number of carbonyl (C=O) groups is 1. The van der Waals surface area contributed by atoms with Crippen molar-refractivity contribution in [3.05, 3.63) is 107 Å². The molecule has 0 spiro atoms. The number of hydrazone groups is 1. The molecule has 1 amide bonds. The van der Waals surface area contributed by atoms with Gasteiger partial charge in [0.1, 0.15) is 5.82 Å². The van der Waals surface area contributed by atoms with Crippen molar-refractivity contribution < 1.29 is 17.6 Å². The number of aromatic nitrogens is 1. The molecule has 3 aromatic carbocycles. The van der Waals surface area contributed by atoms with Gasteiger partial charge in [0.05, 0.1) is 27.0 Å². The SMILES string of the molecule is CN(c1ccccc1)S(=O)(=O)c1ccc(C(=O)N(/N=C/c2cccs2)c2nc3ccc(F)cc3s2)cc1. The smallest absolute Gasteiger partial charge is 0.269 e. The maximum atomic E-state index is 13.7. The number of thiazole rings is 1. The van der Waals surface area contributed by atoms with E-state index in [1.165, 1.54) is 59.1 Å². The molecule has 0 aliphatic rings. The average Bonchev–Trinajstić information content (AvgIpc) is 3.58. The molecule has 5 aromatic rings. The first kappa shape index (κ1) is 24.8. The number of hydrogen-bond donors (Lipinski definition) is 0. The van der Waals surface area contributed by atoms with Gasteiger partial charge in [0.2, 0.25) is 5.13 Å². The minimum atomic E-state index is -3.83. The van der Waals surface area contributed by atoms with E-state index in [-0.39, 0.29) is 15.6 Å². The van der Waals surface area contributed by atoms with Crippen LogP contribution in [0.15, 0.2) is 100 Å². The van der Waals surface area contributed by atoms with Crippen LogP contribution < -0.4 is 9.31 Å². The minimum absolute atomic E-state index is 0.0412. The maximum Gasteiger partial charge on any atom is 0.280 e. The lowest BCUT2D eigenvalue weighted by Crippen LogP contribution is -2.27. The average molecular weight is 551 g/mol. The van der Waals surface area contributed by atoms with Gasteiger partial charge in [-0.05, 0) is 66.0 Å². The highest BCUT2D eigenvalue weighted by Gasteiger charge is 2.24. The van der Waals surface area contributed by atoms with Gasteiger partial charge < -0.3 is 0 Å². The summed E-state index contributed by atoms with van der Waals surface area (Å²) in [5, 5.41) is 7.66. The number of carbonyl (C=O) groups excluding carboxylic acids is 1. The van der Waals surface area contributed by atoms with Crippen LogP contribution in [-0.2, 0) is 10.0 Å². The minimum Gasteiger partial charge on any atom is -0.269 e. The zero-order valence-electron chi connectivity index (χ0n) is 19.4. The number of thiophene rings is 1. The van der Waals surface area contributed by atoms with Crippen molar-refractivity contribution >= 4 is 65.9 Å². The predicted octanol–water partition coefficient (Wildman–Crippen LogP) is 6.00. The Morgan fingerprint density at radius 2 is 1.76 bits per heavy atom. The molecule has 186 valence electrons. The van der Waals surface area contributed by atoms with Crippen LogP contribution in [0, 0.1) is 5.82 Å². The molecular formula is C26H19FN4O3S3. The van der Waals surface area contributed by atoms with Crippen molar-refractivity contribution in [2.24, 2.45) is 5.10 Å². The molecule has 0 N–H and O–H groups in total. The van der Waals surface area contributed by atoms with E-state index in [2.05, 4.69) is 10.1 Å². The lowest BCUT2D eigenvalue weighted by Gasteiger charge is -2.19. The predicted molar refractivity (Wildman–Crippen MR) is 147 cm³/mol. The van der Waals surface area contributed by atoms with Crippen LogP contribution in [0.5, 0.6) is 0 Å². The lowest BCUT2D eigenvalue weighted by molar-refractivity contribution is 0.0987. The van der Waals surface area contributed by atoms with E-state index >= 15 is 0 Å². The molecule has 2 heterocycles. The highest BCUT2D eigenvalue weighted by atomic mass is 32.2. The molecule has 0 bridgehead atoms. The number of hydrogen-bond acceptors (Lipinski definition) is 7. The summed E-state index contributed by atoms with van der Waals surface area (Å²) in [5.41, 5.74) is 1.27. The molecule has 0 atom stereocenters. The van der Waals surface area contributed by atoms with Crippen LogP contribution in [0.1, 0.15) is 15.2 Å². The molecule has 37 heavy (non-hydrogen) atoms. The van der Waals surface area contributed by atoms with Crippen LogP contribution in [0.2, 0.25) is 0 Å². The normalized spacial score (nSPS) is 11.7. The van der Waals surface area contributed by atoms with E-state index < -0.39 is 21.7 Å². The van der Waals surface area contributed by atoms with Crippen LogP contribution >= 0.6 is 22.7 Å². The number of nitrogens with zero attached hydrogens (tertiary/aromatic N) is 4. The second kappa shape index (κ2) is 10.2. The summed E-state index contributed by atoms with van der Waals surface area (Å²) in [6.45, 7) is 0. The Kier molecular flexibility index (Phi) is 6.83. The van der Waals surface area contributed by atoms with Gasteiger partial charge in [0.15, 0.2) is 0 Å². The Morgan fingerprint density at radius 1 is 1.00 bits per heavy atom. The molecule has 0 saturated carbocycles. The molecule has 11 heteroatoms. The highest BCUT2D eigenvalue weighted by molar-refractivity contribution is 7.92. The second-order valence-corrected chi connectivity index (χ2v) is 11.8. The molecule has 0 radical (unpaired) electrons. The molecule has 0 saturated heterocycles. The Balaban J connectivity index is 1.47. The van der Waals surface area contributed by atoms with E-state index in [4.69, 9.17) is 0 Å². The first-order valence-electron chi connectivity index (χ1n) is 10.9. The van der Waals surface area contributed by atoms with Gasteiger partial charge in [0.25, 0.3) is 15.9 Å². The number of fused-ring (bicyclic) bond motifs is 1. The number of sulfonamides is 1. The van der Waals surface area contributed by atoms with Gasteiger partial charge >= 0.3 is 0 Å². The third kappa shape index (κ3) is 5.15. The van der Waals surface area contributed by atoms with Gasteiger partial charge in [-0.25, -0.2) is 17.8 Å². The quantitative estimate of drug-likeness (QED) is 0.184. The van der Waals surface area contributed by atoms with Crippen molar-refractivity contribution in [2.75, 3.05) is 16.4 Å². The summed E-state index contributed by atoms with van der Waals surface area (Å²) in [6.07, 6.45) is 1.54. The van der Waals surface area contributed by atoms with E-state index in [0.29, 0.717) is 15.9 Å². The van der Waals surface area contributed by atoms with Crippen molar-refractivity contribution in [1.82, 2.24) is 4.98 Å². The standard InChI is InChI=1S/C26H19FN4O3S3/c1-30(20-6-3-2-4-7-20)37(33,34)22-12-9-18(10-13-22)25(32)31(28-17-21-8-5-15-35-21)26-29-23-14-11-19(27)16-24(23)36-26/h2-17H,1H3/b28-17+. The summed E-state index contributed by atoms with van der Waals surface area (Å²) >= 11 is 2.58. The molecule has 0 fully saturated rings. The van der Waals surface area contributed by atoms with E-state index in [9.17, 15) is 17.6 Å². The topological polar surface area (TPSA) is 82.9 Å². The number of halogens is 1. The number of rotatable bonds is 7. The van der Waals surface area contributed by atoms with E-state index in [0.717, 1.165) is 21.2 Å². The largest absolute Gasteiger partial charge is 0.280 e.